The standard InChI is InChI=1S/C14H19ClFN/c1-9-5-3-6-10(2)13(9)17-14-11(15)7-4-8-12(14)16/h4,7-10,13,17H,3,5-6H2,1-2H3. The lowest BCUT2D eigenvalue weighted by molar-refractivity contribution is 0.267. The van der Waals surface area contributed by atoms with Crippen LogP contribution < -0.4 is 5.32 Å². The average molecular weight is 256 g/mol. The molecule has 0 bridgehead atoms. The van der Waals surface area contributed by atoms with Gasteiger partial charge in [0.25, 0.3) is 0 Å². The van der Waals surface area contributed by atoms with Crippen molar-refractivity contribution in [1.29, 1.82) is 0 Å². The highest BCUT2D eigenvalue weighted by Crippen LogP contribution is 2.34. The summed E-state index contributed by atoms with van der Waals surface area (Å²) in [5.41, 5.74) is 0.458. The van der Waals surface area contributed by atoms with Gasteiger partial charge in [0, 0.05) is 6.04 Å². The number of benzene rings is 1. The summed E-state index contributed by atoms with van der Waals surface area (Å²) in [6, 6.07) is 5.13. The Labute approximate surface area is 107 Å². The van der Waals surface area contributed by atoms with Crippen LogP contribution in [0.3, 0.4) is 0 Å². The molecule has 0 aromatic heterocycles. The fourth-order valence-corrected chi connectivity index (χ4v) is 2.99. The summed E-state index contributed by atoms with van der Waals surface area (Å²) in [6.07, 6.45) is 3.67. The monoisotopic (exact) mass is 255 g/mol. The fourth-order valence-electron chi connectivity index (χ4n) is 2.77. The van der Waals surface area contributed by atoms with Crippen LogP contribution in [0, 0.1) is 17.7 Å². The lowest BCUT2D eigenvalue weighted by Crippen LogP contribution is -2.37. The molecule has 1 aliphatic rings. The summed E-state index contributed by atoms with van der Waals surface area (Å²) in [6.45, 7) is 4.45. The number of para-hydroxylation sites is 1. The summed E-state index contributed by atoms with van der Waals surface area (Å²) >= 11 is 6.04. The zero-order valence-corrected chi connectivity index (χ0v) is 11.1. The van der Waals surface area contributed by atoms with Gasteiger partial charge < -0.3 is 5.32 Å². The lowest BCUT2D eigenvalue weighted by atomic mass is 9.78. The van der Waals surface area contributed by atoms with E-state index in [4.69, 9.17) is 11.6 Å². The average Bonchev–Trinajstić information content (AvgIpc) is 2.27. The van der Waals surface area contributed by atoms with Gasteiger partial charge in [-0.1, -0.05) is 37.9 Å². The van der Waals surface area contributed by atoms with Crippen molar-refractivity contribution >= 4 is 17.3 Å². The summed E-state index contributed by atoms with van der Waals surface area (Å²) in [5, 5.41) is 3.78. The van der Waals surface area contributed by atoms with E-state index in [2.05, 4.69) is 19.2 Å². The molecule has 2 atom stereocenters. The first-order chi connectivity index (χ1) is 8.09. The van der Waals surface area contributed by atoms with Crippen molar-refractivity contribution in [2.45, 2.75) is 39.2 Å². The van der Waals surface area contributed by atoms with E-state index in [-0.39, 0.29) is 5.82 Å². The first-order valence-corrected chi connectivity index (χ1v) is 6.68. The molecule has 0 spiro atoms. The Morgan fingerprint density at radius 1 is 1.24 bits per heavy atom. The lowest BCUT2D eigenvalue weighted by Gasteiger charge is -2.36. The van der Waals surface area contributed by atoms with Gasteiger partial charge in [-0.05, 0) is 36.8 Å². The van der Waals surface area contributed by atoms with Crippen LogP contribution in [-0.4, -0.2) is 6.04 Å². The van der Waals surface area contributed by atoms with Gasteiger partial charge in [0.1, 0.15) is 5.82 Å². The Kier molecular flexibility index (Phi) is 3.93. The normalized spacial score (nSPS) is 29.1. The summed E-state index contributed by atoms with van der Waals surface area (Å²) in [7, 11) is 0. The van der Waals surface area contributed by atoms with E-state index in [0.29, 0.717) is 28.6 Å². The third kappa shape index (κ3) is 2.74. The molecule has 1 fully saturated rings. The van der Waals surface area contributed by atoms with Gasteiger partial charge in [-0.2, -0.15) is 0 Å². The van der Waals surface area contributed by atoms with Crippen molar-refractivity contribution in [2.75, 3.05) is 5.32 Å². The molecule has 1 N–H and O–H groups in total. The van der Waals surface area contributed by atoms with E-state index >= 15 is 0 Å². The van der Waals surface area contributed by atoms with E-state index in [1.165, 1.54) is 25.3 Å². The Morgan fingerprint density at radius 2 is 1.88 bits per heavy atom. The number of hydrogen-bond acceptors (Lipinski definition) is 1. The predicted octanol–water partition coefficient (Wildman–Crippen LogP) is 4.72. The first kappa shape index (κ1) is 12.7. The molecule has 2 unspecified atom stereocenters. The van der Waals surface area contributed by atoms with Crippen LogP contribution in [0.1, 0.15) is 33.1 Å². The van der Waals surface area contributed by atoms with E-state index < -0.39 is 0 Å². The highest BCUT2D eigenvalue weighted by Gasteiger charge is 2.28. The maximum Gasteiger partial charge on any atom is 0.147 e. The summed E-state index contributed by atoms with van der Waals surface area (Å²) < 4.78 is 13.7. The van der Waals surface area contributed by atoms with Gasteiger partial charge in [-0.25, -0.2) is 4.39 Å². The molecule has 1 saturated carbocycles. The SMILES string of the molecule is CC1CCCC(C)C1Nc1c(F)cccc1Cl. The van der Waals surface area contributed by atoms with Crippen molar-refractivity contribution in [2.24, 2.45) is 11.8 Å². The van der Waals surface area contributed by atoms with Crippen molar-refractivity contribution in [3.63, 3.8) is 0 Å². The smallest absolute Gasteiger partial charge is 0.147 e. The minimum Gasteiger partial charge on any atom is -0.378 e. The highest BCUT2D eigenvalue weighted by molar-refractivity contribution is 6.33. The van der Waals surface area contributed by atoms with Crippen molar-refractivity contribution in [3.05, 3.63) is 29.0 Å². The van der Waals surface area contributed by atoms with Crippen molar-refractivity contribution in [1.82, 2.24) is 0 Å². The second kappa shape index (κ2) is 5.26. The molecule has 0 aliphatic heterocycles. The van der Waals surface area contributed by atoms with E-state index in [9.17, 15) is 4.39 Å². The fraction of sp³-hybridized carbons (Fsp3) is 0.571. The van der Waals surface area contributed by atoms with E-state index in [0.717, 1.165) is 0 Å². The van der Waals surface area contributed by atoms with Crippen LogP contribution in [0.5, 0.6) is 0 Å². The second-order valence-corrected chi connectivity index (χ2v) is 5.56. The second-order valence-electron chi connectivity index (χ2n) is 5.15. The molecule has 3 heteroatoms. The minimum absolute atomic E-state index is 0.262. The zero-order chi connectivity index (χ0) is 12.4. The predicted molar refractivity (Wildman–Crippen MR) is 71.0 cm³/mol. The Bertz CT molecular complexity index is 364. The number of hydrogen-bond donors (Lipinski definition) is 1. The molecule has 1 aliphatic carbocycles. The largest absolute Gasteiger partial charge is 0.378 e. The zero-order valence-electron chi connectivity index (χ0n) is 10.3. The molecule has 1 aromatic rings. The molecule has 2 rings (SSSR count). The number of nitrogens with one attached hydrogen (secondary N) is 1. The van der Waals surface area contributed by atoms with Crippen molar-refractivity contribution < 1.29 is 4.39 Å². The Morgan fingerprint density at radius 3 is 2.47 bits per heavy atom. The van der Waals surface area contributed by atoms with Gasteiger partial charge >= 0.3 is 0 Å². The van der Waals surface area contributed by atoms with Crippen LogP contribution in [0.4, 0.5) is 10.1 Å². The Balaban J connectivity index is 2.19. The van der Waals surface area contributed by atoms with Gasteiger partial charge in [0.15, 0.2) is 0 Å². The van der Waals surface area contributed by atoms with Crippen LogP contribution in [0.15, 0.2) is 18.2 Å². The van der Waals surface area contributed by atoms with Gasteiger partial charge in [-0.3, -0.25) is 0 Å². The van der Waals surface area contributed by atoms with Crippen LogP contribution in [0.25, 0.3) is 0 Å². The van der Waals surface area contributed by atoms with Crippen LogP contribution in [0.2, 0.25) is 5.02 Å². The molecule has 1 nitrogen and oxygen atoms in total. The van der Waals surface area contributed by atoms with Crippen molar-refractivity contribution in [3.8, 4) is 0 Å². The van der Waals surface area contributed by atoms with Gasteiger partial charge in [0.05, 0.1) is 10.7 Å². The molecule has 0 radical (unpaired) electrons. The van der Waals surface area contributed by atoms with Crippen LogP contribution >= 0.6 is 11.6 Å². The molecule has 1 aromatic carbocycles. The maximum atomic E-state index is 13.7. The Hall–Kier alpha value is -0.760. The molecule has 0 heterocycles. The summed E-state index contributed by atoms with van der Waals surface area (Å²) in [5.74, 6) is 0.867. The van der Waals surface area contributed by atoms with Gasteiger partial charge in [-0.15, -0.1) is 0 Å². The topological polar surface area (TPSA) is 12.0 Å². The van der Waals surface area contributed by atoms with E-state index in [1.807, 2.05) is 0 Å². The quantitative estimate of drug-likeness (QED) is 0.807. The van der Waals surface area contributed by atoms with E-state index in [1.54, 1.807) is 12.1 Å². The molecule has 94 valence electrons. The number of anilines is 1. The molecular weight excluding hydrogens is 237 g/mol. The number of rotatable bonds is 2. The minimum atomic E-state index is -0.262. The summed E-state index contributed by atoms with van der Waals surface area (Å²) in [4.78, 5) is 0. The molecular formula is C14H19ClFN. The van der Waals surface area contributed by atoms with Gasteiger partial charge in [0.2, 0.25) is 0 Å². The molecule has 0 saturated heterocycles. The third-order valence-corrected chi connectivity index (χ3v) is 4.13. The molecule has 17 heavy (non-hydrogen) atoms. The number of halogens is 2. The third-order valence-electron chi connectivity index (χ3n) is 3.82. The maximum absolute atomic E-state index is 13.7. The van der Waals surface area contributed by atoms with Crippen LogP contribution in [-0.2, 0) is 0 Å². The first-order valence-electron chi connectivity index (χ1n) is 6.30. The highest BCUT2D eigenvalue weighted by atomic mass is 35.5. The molecule has 0 amide bonds.